The molecule has 0 bridgehead atoms. The second-order valence-electron chi connectivity index (χ2n) is 4.20. The van der Waals surface area contributed by atoms with Crippen molar-refractivity contribution in [1.29, 1.82) is 0 Å². The minimum Gasteiger partial charge on any atom is -0.233 e. The molecule has 0 atom stereocenters. The Bertz CT molecular complexity index is 582. The molecule has 0 unspecified atom stereocenters. The fraction of sp³-hybridized carbons (Fsp3) is 0.231. The fourth-order valence-electron chi connectivity index (χ4n) is 1.53. The molecule has 0 aliphatic carbocycles. The summed E-state index contributed by atoms with van der Waals surface area (Å²) in [5, 5.41) is 1.32. The van der Waals surface area contributed by atoms with Crippen molar-refractivity contribution in [3.05, 3.63) is 45.2 Å². The second kappa shape index (κ2) is 5.43. The van der Waals surface area contributed by atoms with E-state index in [1.165, 1.54) is 0 Å². The smallest absolute Gasteiger partial charge is 0.162 e. The molecular formula is C13H11Cl3N2. The van der Waals surface area contributed by atoms with Gasteiger partial charge in [-0.1, -0.05) is 54.7 Å². The average Bonchev–Trinajstić information content (AvgIpc) is 2.31. The molecule has 2 aromatic rings. The van der Waals surface area contributed by atoms with Gasteiger partial charge in [0.05, 0.1) is 10.0 Å². The number of aromatic nitrogens is 2. The Labute approximate surface area is 121 Å². The highest BCUT2D eigenvalue weighted by molar-refractivity contribution is 6.43. The molecule has 0 fully saturated rings. The van der Waals surface area contributed by atoms with Crippen LogP contribution in [0, 0.1) is 0 Å². The summed E-state index contributed by atoms with van der Waals surface area (Å²) in [6.45, 7) is 4.09. The minimum atomic E-state index is 0.266. The quantitative estimate of drug-likeness (QED) is 0.710. The van der Waals surface area contributed by atoms with Gasteiger partial charge in [-0.25, -0.2) is 9.97 Å². The molecule has 0 saturated heterocycles. The van der Waals surface area contributed by atoms with Crippen LogP contribution >= 0.6 is 34.8 Å². The van der Waals surface area contributed by atoms with Gasteiger partial charge in [0.2, 0.25) is 0 Å². The first-order chi connectivity index (χ1) is 8.49. The molecule has 1 aromatic carbocycles. The number of hydrogen-bond donors (Lipinski definition) is 0. The van der Waals surface area contributed by atoms with Crippen molar-refractivity contribution in [3.63, 3.8) is 0 Å². The number of benzene rings is 1. The first-order valence-electron chi connectivity index (χ1n) is 5.48. The van der Waals surface area contributed by atoms with E-state index in [0.29, 0.717) is 26.6 Å². The number of halogens is 3. The third-order valence-corrected chi connectivity index (χ3v) is 3.51. The van der Waals surface area contributed by atoms with Crippen molar-refractivity contribution >= 4 is 34.8 Å². The van der Waals surface area contributed by atoms with Crippen LogP contribution in [0.4, 0.5) is 0 Å². The van der Waals surface area contributed by atoms with E-state index in [4.69, 9.17) is 34.8 Å². The van der Waals surface area contributed by atoms with Crippen molar-refractivity contribution in [2.24, 2.45) is 0 Å². The van der Waals surface area contributed by atoms with Gasteiger partial charge in [-0.2, -0.15) is 0 Å². The SMILES string of the molecule is CC(C)c1cc(Cl)nc(-c2cccc(Cl)c2Cl)n1. The zero-order valence-electron chi connectivity index (χ0n) is 9.92. The van der Waals surface area contributed by atoms with Gasteiger partial charge in [0.1, 0.15) is 5.15 Å². The van der Waals surface area contributed by atoms with Gasteiger partial charge >= 0.3 is 0 Å². The molecule has 0 saturated carbocycles. The summed E-state index contributed by atoms with van der Waals surface area (Å²) in [5.74, 6) is 0.765. The molecule has 2 nitrogen and oxygen atoms in total. The van der Waals surface area contributed by atoms with Gasteiger partial charge in [0.15, 0.2) is 5.82 Å². The topological polar surface area (TPSA) is 25.8 Å². The van der Waals surface area contributed by atoms with E-state index < -0.39 is 0 Å². The monoisotopic (exact) mass is 300 g/mol. The predicted octanol–water partition coefficient (Wildman–Crippen LogP) is 5.23. The third kappa shape index (κ3) is 2.77. The molecule has 1 heterocycles. The standard InChI is InChI=1S/C13H11Cl3N2/c1-7(2)10-6-11(15)18-13(17-10)8-4-3-5-9(14)12(8)16/h3-7H,1-2H3. The van der Waals surface area contributed by atoms with Crippen LogP contribution in [0.5, 0.6) is 0 Å². The van der Waals surface area contributed by atoms with Crippen molar-refractivity contribution in [2.75, 3.05) is 0 Å². The second-order valence-corrected chi connectivity index (χ2v) is 5.37. The Kier molecular flexibility index (Phi) is 4.10. The summed E-state index contributed by atoms with van der Waals surface area (Å²) < 4.78 is 0. The van der Waals surface area contributed by atoms with Crippen molar-refractivity contribution in [2.45, 2.75) is 19.8 Å². The van der Waals surface area contributed by atoms with Crippen LogP contribution in [-0.2, 0) is 0 Å². The van der Waals surface area contributed by atoms with Crippen molar-refractivity contribution in [1.82, 2.24) is 9.97 Å². The Morgan fingerprint density at radius 2 is 1.78 bits per heavy atom. The lowest BCUT2D eigenvalue weighted by Gasteiger charge is -2.09. The zero-order valence-corrected chi connectivity index (χ0v) is 12.2. The van der Waals surface area contributed by atoms with Crippen molar-refractivity contribution in [3.8, 4) is 11.4 Å². The molecule has 2 rings (SSSR count). The highest BCUT2D eigenvalue weighted by atomic mass is 35.5. The van der Waals surface area contributed by atoms with Gasteiger partial charge < -0.3 is 0 Å². The molecule has 0 spiro atoms. The molecule has 0 aliphatic rings. The number of rotatable bonds is 2. The van der Waals surface area contributed by atoms with Crippen LogP contribution in [0.3, 0.4) is 0 Å². The Balaban J connectivity index is 2.60. The van der Waals surface area contributed by atoms with E-state index in [1.54, 1.807) is 12.1 Å². The molecule has 5 heteroatoms. The first kappa shape index (κ1) is 13.6. The van der Waals surface area contributed by atoms with Crippen LogP contribution < -0.4 is 0 Å². The lowest BCUT2D eigenvalue weighted by molar-refractivity contribution is 0.817. The van der Waals surface area contributed by atoms with Gasteiger partial charge in [0.25, 0.3) is 0 Å². The van der Waals surface area contributed by atoms with E-state index in [9.17, 15) is 0 Å². The van der Waals surface area contributed by atoms with Crippen LogP contribution in [0.15, 0.2) is 24.3 Å². The normalized spacial score (nSPS) is 11.0. The summed E-state index contributed by atoms with van der Waals surface area (Å²) in [5.41, 5.74) is 1.56. The van der Waals surface area contributed by atoms with Crippen molar-refractivity contribution < 1.29 is 0 Å². The fourth-order valence-corrected chi connectivity index (χ4v) is 2.10. The van der Waals surface area contributed by atoms with Gasteiger partial charge in [-0.15, -0.1) is 0 Å². The lowest BCUT2D eigenvalue weighted by Crippen LogP contribution is -1.98. The Hall–Kier alpha value is -0.830. The molecule has 18 heavy (non-hydrogen) atoms. The summed E-state index contributed by atoms with van der Waals surface area (Å²) in [4.78, 5) is 8.67. The van der Waals surface area contributed by atoms with E-state index in [2.05, 4.69) is 9.97 Å². The molecule has 0 radical (unpaired) electrons. The van der Waals surface area contributed by atoms with Crippen LogP contribution in [-0.4, -0.2) is 9.97 Å². The largest absolute Gasteiger partial charge is 0.233 e. The molecule has 0 N–H and O–H groups in total. The van der Waals surface area contributed by atoms with Crippen LogP contribution in [0.25, 0.3) is 11.4 Å². The summed E-state index contributed by atoms with van der Waals surface area (Å²) in [6.07, 6.45) is 0. The van der Waals surface area contributed by atoms with Gasteiger partial charge in [-0.05, 0) is 24.1 Å². The maximum Gasteiger partial charge on any atom is 0.162 e. The molecule has 1 aromatic heterocycles. The zero-order chi connectivity index (χ0) is 13.3. The molecule has 94 valence electrons. The van der Waals surface area contributed by atoms with Gasteiger partial charge in [0, 0.05) is 11.3 Å². The number of hydrogen-bond acceptors (Lipinski definition) is 2. The summed E-state index contributed by atoms with van der Waals surface area (Å²) in [6, 6.07) is 7.11. The highest BCUT2D eigenvalue weighted by Crippen LogP contribution is 2.32. The summed E-state index contributed by atoms with van der Waals surface area (Å²) in [7, 11) is 0. The van der Waals surface area contributed by atoms with Gasteiger partial charge in [-0.3, -0.25) is 0 Å². The lowest BCUT2D eigenvalue weighted by atomic mass is 10.1. The van der Waals surface area contributed by atoms with E-state index in [0.717, 1.165) is 5.69 Å². The van der Waals surface area contributed by atoms with Crippen LogP contribution in [0.1, 0.15) is 25.5 Å². The minimum absolute atomic E-state index is 0.266. The van der Waals surface area contributed by atoms with E-state index in [-0.39, 0.29) is 5.92 Å². The van der Waals surface area contributed by atoms with E-state index >= 15 is 0 Å². The molecular weight excluding hydrogens is 291 g/mol. The Morgan fingerprint density at radius 3 is 2.44 bits per heavy atom. The molecule has 0 aliphatic heterocycles. The van der Waals surface area contributed by atoms with Crippen LogP contribution in [0.2, 0.25) is 15.2 Å². The van der Waals surface area contributed by atoms with E-state index in [1.807, 2.05) is 26.0 Å². The predicted molar refractivity (Wildman–Crippen MR) is 76.6 cm³/mol. The molecule has 0 amide bonds. The first-order valence-corrected chi connectivity index (χ1v) is 6.61. The summed E-state index contributed by atoms with van der Waals surface area (Å²) >= 11 is 18.2. The maximum absolute atomic E-state index is 6.16. The number of nitrogens with zero attached hydrogens (tertiary/aromatic N) is 2. The maximum atomic E-state index is 6.16. The third-order valence-electron chi connectivity index (χ3n) is 2.50. The average molecular weight is 302 g/mol. The highest BCUT2D eigenvalue weighted by Gasteiger charge is 2.12. The Morgan fingerprint density at radius 1 is 1.06 bits per heavy atom.